The molecule has 88 valence electrons. The van der Waals surface area contributed by atoms with Crippen molar-refractivity contribution in [3.8, 4) is 0 Å². The van der Waals surface area contributed by atoms with Crippen LogP contribution in [-0.4, -0.2) is 25.8 Å². The zero-order chi connectivity index (χ0) is 10.8. The summed E-state index contributed by atoms with van der Waals surface area (Å²) >= 11 is 0. The molecule has 1 aliphatic heterocycles. The number of nitrogens with one attached hydrogen (secondary N) is 1. The lowest BCUT2D eigenvalue weighted by atomic mass is 9.70. The molecular weight excluding hydrogens is 186 g/mol. The molecule has 15 heavy (non-hydrogen) atoms. The van der Waals surface area contributed by atoms with Crippen LogP contribution in [-0.2, 0) is 4.74 Å². The van der Waals surface area contributed by atoms with E-state index in [1.165, 1.54) is 25.7 Å². The normalized spacial score (nSPS) is 46.2. The maximum absolute atomic E-state index is 5.73. The number of methoxy groups -OCH3 is 1. The van der Waals surface area contributed by atoms with Gasteiger partial charge in [0.15, 0.2) is 0 Å². The first-order valence-corrected chi connectivity index (χ1v) is 6.52. The lowest BCUT2D eigenvalue weighted by Crippen LogP contribution is -2.55. The van der Waals surface area contributed by atoms with Crippen LogP contribution in [0.1, 0.15) is 39.5 Å². The summed E-state index contributed by atoms with van der Waals surface area (Å²) in [6, 6.07) is 0.731. The van der Waals surface area contributed by atoms with Gasteiger partial charge >= 0.3 is 0 Å². The molecule has 1 heterocycles. The minimum atomic E-state index is 0.491. The van der Waals surface area contributed by atoms with Crippen LogP contribution in [0.4, 0.5) is 0 Å². The molecule has 0 aromatic carbocycles. The number of rotatable bonds is 2. The van der Waals surface area contributed by atoms with E-state index in [2.05, 4.69) is 19.2 Å². The van der Waals surface area contributed by atoms with Crippen molar-refractivity contribution in [3.05, 3.63) is 0 Å². The summed E-state index contributed by atoms with van der Waals surface area (Å²) in [5.74, 6) is 2.38. The van der Waals surface area contributed by atoms with Gasteiger partial charge in [-0.05, 0) is 31.1 Å². The summed E-state index contributed by atoms with van der Waals surface area (Å²) in [5, 5.41) is 3.70. The summed E-state index contributed by atoms with van der Waals surface area (Å²) in [6.45, 7) is 5.77. The van der Waals surface area contributed by atoms with Crippen LogP contribution in [0.2, 0.25) is 0 Å². The maximum Gasteiger partial charge on any atom is 0.0652 e. The van der Waals surface area contributed by atoms with E-state index >= 15 is 0 Å². The number of hydrogen-bond donors (Lipinski definition) is 1. The van der Waals surface area contributed by atoms with E-state index < -0.39 is 0 Å². The Labute approximate surface area is 93.8 Å². The highest BCUT2D eigenvalue weighted by molar-refractivity contribution is 4.95. The summed E-state index contributed by atoms with van der Waals surface area (Å²) in [7, 11) is 1.89. The monoisotopic (exact) mass is 211 g/mol. The lowest BCUT2D eigenvalue weighted by Gasteiger charge is -2.46. The van der Waals surface area contributed by atoms with Crippen molar-refractivity contribution in [3.63, 3.8) is 0 Å². The molecule has 5 atom stereocenters. The second kappa shape index (κ2) is 4.84. The quantitative estimate of drug-likeness (QED) is 0.757. The number of hydrogen-bond acceptors (Lipinski definition) is 2. The summed E-state index contributed by atoms with van der Waals surface area (Å²) in [4.78, 5) is 0. The van der Waals surface area contributed by atoms with Gasteiger partial charge in [0.25, 0.3) is 0 Å². The van der Waals surface area contributed by atoms with E-state index in [9.17, 15) is 0 Å². The molecule has 0 aromatic heterocycles. The molecule has 0 spiro atoms. The van der Waals surface area contributed by atoms with Gasteiger partial charge < -0.3 is 10.1 Å². The molecule has 1 saturated heterocycles. The van der Waals surface area contributed by atoms with Crippen LogP contribution < -0.4 is 5.32 Å². The highest BCUT2D eigenvalue weighted by Crippen LogP contribution is 2.38. The van der Waals surface area contributed by atoms with Gasteiger partial charge in [0.1, 0.15) is 0 Å². The Bertz CT molecular complexity index is 207. The van der Waals surface area contributed by atoms with Crippen LogP contribution in [0.3, 0.4) is 0 Å². The molecule has 0 bridgehead atoms. The molecule has 1 aliphatic carbocycles. The largest absolute Gasteiger partial charge is 0.381 e. The van der Waals surface area contributed by atoms with Crippen molar-refractivity contribution in [1.82, 2.24) is 5.32 Å². The van der Waals surface area contributed by atoms with Gasteiger partial charge in [-0.3, -0.25) is 0 Å². The average Bonchev–Trinajstić information content (AvgIpc) is 2.28. The summed E-state index contributed by atoms with van der Waals surface area (Å²) < 4.78 is 5.73. The molecule has 2 rings (SSSR count). The van der Waals surface area contributed by atoms with Crippen molar-refractivity contribution in [2.75, 3.05) is 13.7 Å². The second-order valence-corrected chi connectivity index (χ2v) is 5.44. The lowest BCUT2D eigenvalue weighted by molar-refractivity contribution is -0.0462. The van der Waals surface area contributed by atoms with Gasteiger partial charge in [-0.1, -0.05) is 20.3 Å². The first-order chi connectivity index (χ1) is 7.26. The highest BCUT2D eigenvalue weighted by Gasteiger charge is 2.40. The van der Waals surface area contributed by atoms with Crippen molar-refractivity contribution in [2.45, 2.75) is 51.7 Å². The minimum Gasteiger partial charge on any atom is -0.381 e. The van der Waals surface area contributed by atoms with Crippen LogP contribution in [0.15, 0.2) is 0 Å². The van der Waals surface area contributed by atoms with E-state index in [4.69, 9.17) is 4.74 Å². The van der Waals surface area contributed by atoms with Gasteiger partial charge in [-0.2, -0.15) is 0 Å². The highest BCUT2D eigenvalue weighted by atomic mass is 16.5. The molecule has 0 aromatic rings. The number of ether oxygens (including phenoxy) is 1. The molecule has 2 heteroatoms. The average molecular weight is 211 g/mol. The zero-order valence-electron chi connectivity index (χ0n) is 10.3. The van der Waals surface area contributed by atoms with E-state index in [1.54, 1.807) is 0 Å². The van der Waals surface area contributed by atoms with E-state index in [0.29, 0.717) is 12.0 Å². The fraction of sp³-hybridized carbons (Fsp3) is 1.00. The molecular formula is C13H25NO. The van der Waals surface area contributed by atoms with Crippen molar-refractivity contribution < 1.29 is 4.74 Å². The van der Waals surface area contributed by atoms with Gasteiger partial charge in [0, 0.05) is 25.6 Å². The van der Waals surface area contributed by atoms with Crippen molar-refractivity contribution in [2.24, 2.45) is 17.8 Å². The van der Waals surface area contributed by atoms with Gasteiger partial charge in [0.2, 0.25) is 0 Å². The molecule has 2 fully saturated rings. The standard InChI is InChI=1S/C13H25NO/c1-4-10-5-6-12-11(7-10)13(15-3)9(2)8-14-12/h9-14H,4-8H2,1-3H3. The Morgan fingerprint density at radius 2 is 2.13 bits per heavy atom. The zero-order valence-corrected chi connectivity index (χ0v) is 10.3. The fourth-order valence-electron chi connectivity index (χ4n) is 3.57. The van der Waals surface area contributed by atoms with Crippen LogP contribution in [0.25, 0.3) is 0 Å². The third kappa shape index (κ3) is 2.21. The third-order valence-corrected chi connectivity index (χ3v) is 4.54. The number of fused-ring (bicyclic) bond motifs is 1. The molecule has 0 radical (unpaired) electrons. The van der Waals surface area contributed by atoms with Crippen LogP contribution in [0, 0.1) is 17.8 Å². The van der Waals surface area contributed by atoms with E-state index in [0.717, 1.165) is 24.4 Å². The van der Waals surface area contributed by atoms with Gasteiger partial charge in [0.05, 0.1) is 6.10 Å². The predicted octanol–water partition coefficient (Wildman–Crippen LogP) is 2.44. The second-order valence-electron chi connectivity index (χ2n) is 5.44. The number of piperidine rings is 1. The predicted molar refractivity (Wildman–Crippen MR) is 62.9 cm³/mol. The molecule has 0 amide bonds. The maximum atomic E-state index is 5.73. The van der Waals surface area contributed by atoms with Crippen molar-refractivity contribution in [1.29, 1.82) is 0 Å². The van der Waals surface area contributed by atoms with Crippen LogP contribution in [0.5, 0.6) is 0 Å². The molecule has 2 aliphatic rings. The Morgan fingerprint density at radius 1 is 1.33 bits per heavy atom. The Hall–Kier alpha value is -0.0800. The first-order valence-electron chi connectivity index (χ1n) is 6.52. The molecule has 5 unspecified atom stereocenters. The van der Waals surface area contributed by atoms with Crippen LogP contribution >= 0.6 is 0 Å². The SMILES string of the molecule is CCC1CCC2NCC(C)C(OC)C2C1. The third-order valence-electron chi connectivity index (χ3n) is 4.54. The first kappa shape index (κ1) is 11.4. The Kier molecular flexibility index (Phi) is 3.68. The molecule has 1 N–H and O–H groups in total. The van der Waals surface area contributed by atoms with Gasteiger partial charge in [-0.15, -0.1) is 0 Å². The smallest absolute Gasteiger partial charge is 0.0652 e. The van der Waals surface area contributed by atoms with Gasteiger partial charge in [-0.25, -0.2) is 0 Å². The fourth-order valence-corrected chi connectivity index (χ4v) is 3.57. The molecule has 1 saturated carbocycles. The molecule has 2 nitrogen and oxygen atoms in total. The Morgan fingerprint density at radius 3 is 2.80 bits per heavy atom. The van der Waals surface area contributed by atoms with E-state index in [-0.39, 0.29) is 0 Å². The van der Waals surface area contributed by atoms with Crippen molar-refractivity contribution >= 4 is 0 Å². The Balaban J connectivity index is 2.04. The summed E-state index contributed by atoms with van der Waals surface area (Å²) in [5.41, 5.74) is 0. The minimum absolute atomic E-state index is 0.491. The summed E-state index contributed by atoms with van der Waals surface area (Å²) in [6.07, 6.45) is 5.97. The topological polar surface area (TPSA) is 21.3 Å². The van der Waals surface area contributed by atoms with E-state index in [1.807, 2.05) is 7.11 Å².